The van der Waals surface area contributed by atoms with E-state index in [2.05, 4.69) is 17.5 Å². The molecule has 2 nitrogen and oxygen atoms in total. The van der Waals surface area contributed by atoms with Crippen molar-refractivity contribution in [1.29, 1.82) is 0 Å². The van der Waals surface area contributed by atoms with Crippen LogP contribution < -0.4 is 11.1 Å². The molecule has 0 heterocycles. The molecule has 1 aromatic carbocycles. The van der Waals surface area contributed by atoms with Crippen LogP contribution in [0.15, 0.2) is 24.3 Å². The van der Waals surface area contributed by atoms with Gasteiger partial charge in [0.05, 0.1) is 5.69 Å². The van der Waals surface area contributed by atoms with Gasteiger partial charge in [0.15, 0.2) is 5.11 Å². The standard InChI is InChI=1S/C7H7FN2S/c8-5-3-1-2-4-6(5)10-7(9)11/h1-4H,(H3,9,10,11). The molecule has 4 heteroatoms. The number of nitrogens with one attached hydrogen (secondary N) is 1. The molecule has 1 rings (SSSR count). The maximum atomic E-state index is 12.8. The minimum absolute atomic E-state index is 0.0649. The third-order valence-electron chi connectivity index (χ3n) is 1.13. The number of hydrogen-bond donors (Lipinski definition) is 2. The number of thiocarbonyl (C=S) groups is 1. The maximum absolute atomic E-state index is 12.8. The van der Waals surface area contributed by atoms with Gasteiger partial charge in [0, 0.05) is 0 Å². The van der Waals surface area contributed by atoms with Crippen LogP contribution in [-0.4, -0.2) is 5.11 Å². The van der Waals surface area contributed by atoms with Crippen molar-refractivity contribution in [2.24, 2.45) is 5.73 Å². The summed E-state index contributed by atoms with van der Waals surface area (Å²) in [4.78, 5) is 0. The molecule has 0 bridgehead atoms. The molecule has 0 atom stereocenters. The Bertz CT molecular complexity index is 275. The number of rotatable bonds is 1. The van der Waals surface area contributed by atoms with Gasteiger partial charge >= 0.3 is 0 Å². The van der Waals surface area contributed by atoms with E-state index in [1.54, 1.807) is 18.2 Å². The Kier molecular flexibility index (Phi) is 2.38. The lowest BCUT2D eigenvalue weighted by atomic mass is 10.3. The first-order valence-corrected chi connectivity index (χ1v) is 3.42. The second kappa shape index (κ2) is 3.30. The first kappa shape index (κ1) is 7.94. The van der Waals surface area contributed by atoms with Crippen molar-refractivity contribution >= 4 is 23.0 Å². The van der Waals surface area contributed by atoms with Gasteiger partial charge in [0.1, 0.15) is 5.82 Å². The number of hydrogen-bond acceptors (Lipinski definition) is 1. The van der Waals surface area contributed by atoms with E-state index < -0.39 is 0 Å². The van der Waals surface area contributed by atoms with Gasteiger partial charge in [-0.15, -0.1) is 0 Å². The van der Waals surface area contributed by atoms with Crippen molar-refractivity contribution in [3.05, 3.63) is 30.1 Å². The third-order valence-corrected chi connectivity index (χ3v) is 1.23. The molecule has 0 amide bonds. The smallest absolute Gasteiger partial charge is 0.168 e. The molecule has 0 aliphatic heterocycles. The van der Waals surface area contributed by atoms with Gasteiger partial charge < -0.3 is 11.1 Å². The molecule has 3 N–H and O–H groups in total. The zero-order valence-corrected chi connectivity index (χ0v) is 6.49. The molecule has 0 fully saturated rings. The summed E-state index contributed by atoms with van der Waals surface area (Å²) in [6.45, 7) is 0. The first-order valence-electron chi connectivity index (χ1n) is 3.01. The molecule has 0 unspecified atom stereocenters. The Morgan fingerprint density at radius 2 is 2.09 bits per heavy atom. The molecular weight excluding hydrogens is 163 g/mol. The maximum Gasteiger partial charge on any atom is 0.168 e. The number of halogens is 1. The van der Waals surface area contributed by atoms with Gasteiger partial charge in [-0.05, 0) is 24.4 Å². The molecule has 0 aliphatic carbocycles. The zero-order valence-electron chi connectivity index (χ0n) is 5.67. The lowest BCUT2D eigenvalue weighted by molar-refractivity contribution is 0.632. The topological polar surface area (TPSA) is 38.0 Å². The average molecular weight is 170 g/mol. The lowest BCUT2D eigenvalue weighted by Gasteiger charge is -2.02. The molecule has 0 aromatic heterocycles. The Morgan fingerprint density at radius 3 is 2.64 bits per heavy atom. The largest absolute Gasteiger partial charge is 0.376 e. The fourth-order valence-electron chi connectivity index (χ4n) is 0.695. The summed E-state index contributed by atoms with van der Waals surface area (Å²) >= 11 is 4.54. The van der Waals surface area contributed by atoms with Crippen molar-refractivity contribution in [1.82, 2.24) is 0 Å². The van der Waals surface area contributed by atoms with E-state index in [1.165, 1.54) is 6.07 Å². The van der Waals surface area contributed by atoms with Crippen LogP contribution in [0.2, 0.25) is 0 Å². The van der Waals surface area contributed by atoms with Crippen molar-refractivity contribution < 1.29 is 4.39 Å². The van der Waals surface area contributed by atoms with Crippen LogP contribution in [-0.2, 0) is 0 Å². The van der Waals surface area contributed by atoms with Crippen LogP contribution in [0.4, 0.5) is 10.1 Å². The van der Waals surface area contributed by atoms with Crippen molar-refractivity contribution in [2.75, 3.05) is 5.32 Å². The van der Waals surface area contributed by atoms with Crippen LogP contribution in [0, 0.1) is 5.82 Å². The SMILES string of the molecule is NC(=S)Nc1ccccc1F. The summed E-state index contributed by atoms with van der Waals surface area (Å²) in [6.07, 6.45) is 0. The van der Waals surface area contributed by atoms with Crippen LogP contribution in [0.3, 0.4) is 0 Å². The number of benzene rings is 1. The molecule has 0 spiro atoms. The fourth-order valence-corrected chi connectivity index (χ4v) is 0.805. The van der Waals surface area contributed by atoms with Gasteiger partial charge in [-0.3, -0.25) is 0 Å². The van der Waals surface area contributed by atoms with Crippen molar-refractivity contribution in [3.63, 3.8) is 0 Å². The summed E-state index contributed by atoms with van der Waals surface area (Å²) in [7, 11) is 0. The number of para-hydroxylation sites is 1. The van der Waals surface area contributed by atoms with Crippen LogP contribution in [0.5, 0.6) is 0 Å². The minimum Gasteiger partial charge on any atom is -0.376 e. The highest BCUT2D eigenvalue weighted by Crippen LogP contribution is 2.11. The third kappa shape index (κ3) is 2.16. The number of nitrogens with two attached hydrogens (primary N) is 1. The second-order valence-corrected chi connectivity index (χ2v) is 2.41. The Morgan fingerprint density at radius 1 is 1.45 bits per heavy atom. The Hall–Kier alpha value is -1.16. The van der Waals surface area contributed by atoms with Crippen LogP contribution in [0.25, 0.3) is 0 Å². The Balaban J connectivity index is 2.86. The molecule has 0 radical (unpaired) electrons. The van der Waals surface area contributed by atoms with Gasteiger partial charge in [-0.25, -0.2) is 4.39 Å². The zero-order chi connectivity index (χ0) is 8.27. The highest BCUT2D eigenvalue weighted by atomic mass is 32.1. The second-order valence-electron chi connectivity index (χ2n) is 1.97. The predicted molar refractivity (Wildman–Crippen MR) is 46.8 cm³/mol. The molecule has 0 aliphatic rings. The molecule has 11 heavy (non-hydrogen) atoms. The molecule has 1 aromatic rings. The van der Waals surface area contributed by atoms with E-state index in [-0.39, 0.29) is 10.9 Å². The van der Waals surface area contributed by atoms with Gasteiger partial charge in [-0.1, -0.05) is 12.1 Å². The van der Waals surface area contributed by atoms with Gasteiger partial charge in [0.25, 0.3) is 0 Å². The summed E-state index contributed by atoms with van der Waals surface area (Å²) in [5.74, 6) is -0.361. The Labute approximate surface area is 69.2 Å². The van der Waals surface area contributed by atoms with Crippen molar-refractivity contribution in [2.45, 2.75) is 0 Å². The van der Waals surface area contributed by atoms with E-state index in [4.69, 9.17) is 5.73 Å². The van der Waals surface area contributed by atoms with E-state index in [0.29, 0.717) is 5.69 Å². The summed E-state index contributed by atoms with van der Waals surface area (Å²) < 4.78 is 12.8. The van der Waals surface area contributed by atoms with Gasteiger partial charge in [-0.2, -0.15) is 0 Å². The molecule has 0 saturated carbocycles. The normalized spacial score (nSPS) is 9.18. The van der Waals surface area contributed by atoms with E-state index in [0.717, 1.165) is 0 Å². The molecular formula is C7H7FN2S. The fraction of sp³-hybridized carbons (Fsp3) is 0. The quantitative estimate of drug-likeness (QED) is 0.627. The molecule has 58 valence electrons. The first-order chi connectivity index (χ1) is 5.20. The highest BCUT2D eigenvalue weighted by molar-refractivity contribution is 7.80. The summed E-state index contributed by atoms with van der Waals surface area (Å²) in [6, 6.07) is 6.19. The van der Waals surface area contributed by atoms with E-state index >= 15 is 0 Å². The van der Waals surface area contributed by atoms with E-state index in [1.807, 2.05) is 0 Å². The van der Waals surface area contributed by atoms with Crippen molar-refractivity contribution in [3.8, 4) is 0 Å². The predicted octanol–water partition coefficient (Wildman–Crippen LogP) is 1.48. The average Bonchev–Trinajstić information content (AvgIpc) is 1.93. The van der Waals surface area contributed by atoms with Gasteiger partial charge in [0.2, 0.25) is 0 Å². The molecule has 0 saturated heterocycles. The monoisotopic (exact) mass is 170 g/mol. The highest BCUT2D eigenvalue weighted by Gasteiger charge is 1.98. The summed E-state index contributed by atoms with van der Waals surface area (Å²) in [5.41, 5.74) is 5.45. The van der Waals surface area contributed by atoms with E-state index in [9.17, 15) is 4.39 Å². The lowest BCUT2D eigenvalue weighted by Crippen LogP contribution is -2.19. The van der Waals surface area contributed by atoms with Crippen LogP contribution >= 0.6 is 12.2 Å². The van der Waals surface area contributed by atoms with Crippen LogP contribution in [0.1, 0.15) is 0 Å². The summed E-state index contributed by atoms with van der Waals surface area (Å²) in [5, 5.41) is 2.57. The minimum atomic E-state index is -0.361. The number of anilines is 1.